The number of aromatic nitrogens is 2. The van der Waals surface area contributed by atoms with Crippen LogP contribution < -0.4 is 0 Å². The van der Waals surface area contributed by atoms with E-state index in [4.69, 9.17) is 9.97 Å². The molecule has 5 aromatic carbocycles. The standard InChI is InChI=1S/C41H30N2/c1-29-36(34-25-38(30-15-6-2-7-16-30)42-39(26-34)31-17-8-3-9-18-31)23-14-24-37(29)35-27-40(32-19-10-4-11-20-32)43-41(28-35)33-21-12-5-13-22-33/h2-28H,1H3. The summed E-state index contributed by atoms with van der Waals surface area (Å²) in [6.07, 6.45) is 0. The lowest BCUT2D eigenvalue weighted by Crippen LogP contribution is -1.95. The van der Waals surface area contributed by atoms with Crippen LogP contribution in [0.5, 0.6) is 0 Å². The van der Waals surface area contributed by atoms with E-state index in [1.165, 1.54) is 16.7 Å². The predicted molar refractivity (Wildman–Crippen MR) is 179 cm³/mol. The minimum atomic E-state index is 0.961. The molecule has 0 unspecified atom stereocenters. The minimum absolute atomic E-state index is 0.961. The summed E-state index contributed by atoms with van der Waals surface area (Å²) in [5.41, 5.74) is 14.1. The number of benzene rings is 5. The van der Waals surface area contributed by atoms with E-state index in [-0.39, 0.29) is 0 Å². The Morgan fingerprint density at radius 1 is 0.302 bits per heavy atom. The highest BCUT2D eigenvalue weighted by Gasteiger charge is 2.15. The molecule has 2 nitrogen and oxygen atoms in total. The van der Waals surface area contributed by atoms with E-state index in [9.17, 15) is 0 Å². The first-order valence-corrected chi connectivity index (χ1v) is 14.6. The number of rotatable bonds is 6. The SMILES string of the molecule is Cc1c(-c2cc(-c3ccccc3)nc(-c3ccccc3)c2)cccc1-c1cc(-c2ccccc2)nc(-c2ccccc2)c1. The van der Waals surface area contributed by atoms with Gasteiger partial charge in [0.15, 0.2) is 0 Å². The third-order valence-electron chi connectivity index (χ3n) is 7.88. The third-order valence-corrected chi connectivity index (χ3v) is 7.88. The molecule has 0 amide bonds. The third kappa shape index (κ3) is 5.51. The maximum absolute atomic E-state index is 5.09. The molecule has 7 rings (SSSR count). The second-order valence-electron chi connectivity index (χ2n) is 10.7. The van der Waals surface area contributed by atoms with Crippen molar-refractivity contribution in [2.75, 3.05) is 0 Å². The van der Waals surface area contributed by atoms with Gasteiger partial charge in [-0.15, -0.1) is 0 Å². The van der Waals surface area contributed by atoms with Gasteiger partial charge in [-0.2, -0.15) is 0 Å². The number of hydrogen-bond donors (Lipinski definition) is 0. The molecule has 7 aromatic rings. The van der Waals surface area contributed by atoms with Crippen molar-refractivity contribution in [3.63, 3.8) is 0 Å². The Morgan fingerprint density at radius 3 is 0.860 bits per heavy atom. The first-order valence-electron chi connectivity index (χ1n) is 14.6. The lowest BCUT2D eigenvalue weighted by atomic mass is 9.90. The number of hydrogen-bond acceptors (Lipinski definition) is 2. The molecule has 2 aromatic heterocycles. The van der Waals surface area contributed by atoms with Gasteiger partial charge in [0.2, 0.25) is 0 Å². The molecular formula is C41H30N2. The highest BCUT2D eigenvalue weighted by molar-refractivity contribution is 5.85. The molecule has 0 fully saturated rings. The molecule has 0 spiro atoms. The summed E-state index contributed by atoms with van der Waals surface area (Å²) in [6, 6.07) is 57.1. The molecule has 43 heavy (non-hydrogen) atoms. The van der Waals surface area contributed by atoms with E-state index in [2.05, 4.69) is 146 Å². The van der Waals surface area contributed by atoms with Gasteiger partial charge in [-0.3, -0.25) is 0 Å². The minimum Gasteiger partial charge on any atom is -0.248 e. The van der Waals surface area contributed by atoms with Crippen molar-refractivity contribution in [1.29, 1.82) is 0 Å². The van der Waals surface area contributed by atoms with Gasteiger partial charge >= 0.3 is 0 Å². The Hall–Kier alpha value is -5.60. The summed E-state index contributed by atoms with van der Waals surface area (Å²) < 4.78 is 0. The first kappa shape index (κ1) is 26.3. The van der Waals surface area contributed by atoms with E-state index in [1.807, 2.05) is 24.3 Å². The van der Waals surface area contributed by atoms with Crippen molar-refractivity contribution >= 4 is 0 Å². The lowest BCUT2D eigenvalue weighted by molar-refractivity contribution is 1.31. The van der Waals surface area contributed by atoms with Crippen molar-refractivity contribution in [1.82, 2.24) is 9.97 Å². The lowest BCUT2D eigenvalue weighted by Gasteiger charge is -2.16. The highest BCUT2D eigenvalue weighted by atomic mass is 14.7. The summed E-state index contributed by atoms with van der Waals surface area (Å²) >= 11 is 0. The van der Waals surface area contributed by atoms with Crippen LogP contribution in [0.15, 0.2) is 164 Å². The summed E-state index contributed by atoms with van der Waals surface area (Å²) in [6.45, 7) is 2.22. The normalized spacial score (nSPS) is 10.9. The van der Waals surface area contributed by atoms with Gasteiger partial charge in [-0.05, 0) is 59.0 Å². The molecule has 0 atom stereocenters. The predicted octanol–water partition coefficient (Wildman–Crippen LogP) is 10.8. The maximum atomic E-state index is 5.09. The van der Waals surface area contributed by atoms with Crippen molar-refractivity contribution in [3.8, 4) is 67.3 Å². The molecule has 204 valence electrons. The Kier molecular flexibility index (Phi) is 7.17. The summed E-state index contributed by atoms with van der Waals surface area (Å²) in [5.74, 6) is 0. The quantitative estimate of drug-likeness (QED) is 0.206. The van der Waals surface area contributed by atoms with Crippen molar-refractivity contribution in [2.24, 2.45) is 0 Å². The van der Waals surface area contributed by atoms with E-state index in [0.717, 1.165) is 56.2 Å². The zero-order valence-corrected chi connectivity index (χ0v) is 24.0. The fourth-order valence-electron chi connectivity index (χ4n) is 5.66. The number of nitrogens with zero attached hydrogens (tertiary/aromatic N) is 2. The average Bonchev–Trinajstić information content (AvgIpc) is 3.09. The topological polar surface area (TPSA) is 25.8 Å². The van der Waals surface area contributed by atoms with Crippen LogP contribution in [0.4, 0.5) is 0 Å². The second-order valence-corrected chi connectivity index (χ2v) is 10.7. The molecule has 2 heteroatoms. The Labute approximate surface area is 253 Å². The number of pyridine rings is 2. The van der Waals surface area contributed by atoms with Gasteiger partial charge in [0.25, 0.3) is 0 Å². The van der Waals surface area contributed by atoms with E-state index in [0.29, 0.717) is 0 Å². The molecule has 0 aliphatic carbocycles. The van der Waals surface area contributed by atoms with E-state index < -0.39 is 0 Å². The van der Waals surface area contributed by atoms with Gasteiger partial charge in [-0.25, -0.2) is 9.97 Å². The van der Waals surface area contributed by atoms with Crippen molar-refractivity contribution in [3.05, 3.63) is 169 Å². The van der Waals surface area contributed by atoms with Crippen LogP contribution in [0.3, 0.4) is 0 Å². The van der Waals surface area contributed by atoms with Crippen LogP contribution in [-0.4, -0.2) is 9.97 Å². The molecule has 0 N–H and O–H groups in total. The average molecular weight is 551 g/mol. The van der Waals surface area contributed by atoms with Crippen LogP contribution in [0.1, 0.15) is 5.56 Å². The fraction of sp³-hybridized carbons (Fsp3) is 0.0244. The second kappa shape index (κ2) is 11.7. The van der Waals surface area contributed by atoms with Gasteiger partial charge in [-0.1, -0.05) is 140 Å². The van der Waals surface area contributed by atoms with Crippen LogP contribution in [0.2, 0.25) is 0 Å². The van der Waals surface area contributed by atoms with E-state index >= 15 is 0 Å². The monoisotopic (exact) mass is 550 g/mol. The molecule has 0 radical (unpaired) electrons. The zero-order valence-electron chi connectivity index (χ0n) is 24.0. The molecular weight excluding hydrogens is 520 g/mol. The molecule has 0 aliphatic heterocycles. The van der Waals surface area contributed by atoms with Crippen LogP contribution in [0, 0.1) is 6.92 Å². The van der Waals surface area contributed by atoms with Gasteiger partial charge in [0.1, 0.15) is 0 Å². The van der Waals surface area contributed by atoms with Crippen molar-refractivity contribution < 1.29 is 0 Å². The Bertz CT molecular complexity index is 1740. The Morgan fingerprint density at radius 2 is 0.581 bits per heavy atom. The highest BCUT2D eigenvalue weighted by Crippen LogP contribution is 2.37. The summed E-state index contributed by atoms with van der Waals surface area (Å²) in [7, 11) is 0. The van der Waals surface area contributed by atoms with Crippen LogP contribution in [0.25, 0.3) is 67.3 Å². The van der Waals surface area contributed by atoms with Gasteiger partial charge < -0.3 is 0 Å². The molecule has 0 aliphatic rings. The maximum Gasteiger partial charge on any atom is 0.0715 e. The first-order chi connectivity index (χ1) is 21.2. The van der Waals surface area contributed by atoms with Gasteiger partial charge in [0.05, 0.1) is 22.8 Å². The zero-order chi connectivity index (χ0) is 29.0. The van der Waals surface area contributed by atoms with Crippen molar-refractivity contribution in [2.45, 2.75) is 6.92 Å². The smallest absolute Gasteiger partial charge is 0.0715 e. The molecule has 2 heterocycles. The van der Waals surface area contributed by atoms with Crippen LogP contribution in [-0.2, 0) is 0 Å². The molecule has 0 saturated heterocycles. The molecule has 0 bridgehead atoms. The van der Waals surface area contributed by atoms with Crippen LogP contribution >= 0.6 is 0 Å². The van der Waals surface area contributed by atoms with E-state index in [1.54, 1.807) is 0 Å². The summed E-state index contributed by atoms with van der Waals surface area (Å²) in [4.78, 5) is 10.2. The Balaban J connectivity index is 1.41. The van der Waals surface area contributed by atoms with Gasteiger partial charge in [0, 0.05) is 22.3 Å². The fourth-order valence-corrected chi connectivity index (χ4v) is 5.66. The molecule has 0 saturated carbocycles. The summed E-state index contributed by atoms with van der Waals surface area (Å²) in [5, 5.41) is 0. The largest absolute Gasteiger partial charge is 0.248 e.